The molecule has 0 radical (unpaired) electrons. The molecule has 6 nitrogen and oxygen atoms in total. The van der Waals surface area contributed by atoms with Crippen molar-refractivity contribution in [1.82, 2.24) is 10.4 Å². The maximum absolute atomic E-state index is 13.8. The van der Waals surface area contributed by atoms with Crippen LogP contribution >= 0.6 is 0 Å². The number of hydrogen-bond donors (Lipinski definition) is 1. The third-order valence-corrected chi connectivity index (χ3v) is 6.19. The third-order valence-electron chi connectivity index (χ3n) is 6.19. The quantitative estimate of drug-likeness (QED) is 0.481. The minimum atomic E-state index is -0.647. The molecular formula is C23H24N2O4. The number of likely N-dealkylation sites (tertiary alicyclic amines) is 1. The average molecular weight is 392 g/mol. The second-order valence-electron chi connectivity index (χ2n) is 7.64. The van der Waals surface area contributed by atoms with E-state index < -0.39 is 5.41 Å². The molecule has 0 aromatic heterocycles. The van der Waals surface area contributed by atoms with Crippen molar-refractivity contribution < 1.29 is 19.2 Å². The van der Waals surface area contributed by atoms with Gasteiger partial charge in [0.15, 0.2) is 11.5 Å². The van der Waals surface area contributed by atoms with Crippen LogP contribution in [-0.2, 0) is 9.59 Å². The van der Waals surface area contributed by atoms with Gasteiger partial charge < -0.3 is 14.5 Å². The molecule has 2 aromatic rings. The van der Waals surface area contributed by atoms with Gasteiger partial charge in [-0.1, -0.05) is 48.5 Å². The summed E-state index contributed by atoms with van der Waals surface area (Å²) in [5, 5.41) is 0. The summed E-state index contributed by atoms with van der Waals surface area (Å²) in [6, 6.07) is 17.1. The lowest BCUT2D eigenvalue weighted by Gasteiger charge is -2.47. The monoisotopic (exact) mass is 392 g/mol. The Morgan fingerprint density at radius 1 is 1.07 bits per heavy atom. The molecule has 0 bridgehead atoms. The van der Waals surface area contributed by atoms with Crippen molar-refractivity contribution in [1.29, 1.82) is 0 Å². The molecule has 1 atom stereocenters. The first-order valence-electron chi connectivity index (χ1n) is 9.95. The van der Waals surface area contributed by atoms with E-state index >= 15 is 0 Å². The van der Waals surface area contributed by atoms with Gasteiger partial charge in [0.25, 0.3) is 0 Å². The summed E-state index contributed by atoms with van der Waals surface area (Å²) in [6.45, 7) is 1.45. The van der Waals surface area contributed by atoms with Gasteiger partial charge in [-0.25, -0.2) is 0 Å². The Hall–Kier alpha value is -2.99. The molecule has 150 valence electrons. The Morgan fingerprint density at radius 3 is 2.48 bits per heavy atom. The fourth-order valence-corrected chi connectivity index (χ4v) is 4.63. The maximum Gasteiger partial charge on any atom is 0.229 e. The van der Waals surface area contributed by atoms with Crippen molar-refractivity contribution in [3.8, 4) is 5.75 Å². The molecule has 1 N–H and O–H groups in total. The van der Waals surface area contributed by atoms with E-state index in [0.717, 1.165) is 11.3 Å². The summed E-state index contributed by atoms with van der Waals surface area (Å²) >= 11 is 0. The second-order valence-corrected chi connectivity index (χ2v) is 7.64. The van der Waals surface area contributed by atoms with E-state index in [1.807, 2.05) is 54.6 Å². The topological polar surface area (TPSA) is 75.7 Å². The standard InChI is InChI=1S/C23H24N2O4/c26-15-10-21(27)25-13-11-23(12-14-25,22(28)17-6-2-1-3-7-17)19-16-24-29-20-9-5-4-8-18(19)20/h1-9,15,19,24H,10-14,16H2. The van der Waals surface area contributed by atoms with E-state index in [-0.39, 0.29) is 24.0 Å². The number of rotatable bonds is 5. The number of carbonyl (C=O) groups excluding carboxylic acids is 3. The van der Waals surface area contributed by atoms with Crippen molar-refractivity contribution in [3.63, 3.8) is 0 Å². The number of ketones is 1. The lowest BCUT2D eigenvalue weighted by Crippen LogP contribution is -2.52. The van der Waals surface area contributed by atoms with Crippen LogP contribution < -0.4 is 10.3 Å². The summed E-state index contributed by atoms with van der Waals surface area (Å²) in [4.78, 5) is 44.0. The average Bonchev–Trinajstić information content (AvgIpc) is 2.79. The number of piperidine rings is 1. The second kappa shape index (κ2) is 8.17. The fourth-order valence-electron chi connectivity index (χ4n) is 4.63. The first kappa shape index (κ1) is 19.3. The zero-order valence-corrected chi connectivity index (χ0v) is 16.2. The van der Waals surface area contributed by atoms with Crippen molar-refractivity contribution in [2.24, 2.45) is 5.41 Å². The Bertz CT molecular complexity index is 904. The number of amides is 1. The number of nitrogens with zero attached hydrogens (tertiary/aromatic N) is 1. The lowest BCUT2D eigenvalue weighted by atomic mass is 9.62. The van der Waals surface area contributed by atoms with Crippen LogP contribution in [0.25, 0.3) is 0 Å². The number of fused-ring (bicyclic) bond motifs is 1. The molecule has 0 saturated carbocycles. The number of hydrogen-bond acceptors (Lipinski definition) is 5. The number of aldehydes is 1. The van der Waals surface area contributed by atoms with E-state index in [4.69, 9.17) is 4.84 Å². The molecule has 6 heteroatoms. The third kappa shape index (κ3) is 3.56. The zero-order chi connectivity index (χ0) is 20.3. The number of nitrogens with one attached hydrogen (secondary N) is 1. The fraction of sp³-hybridized carbons (Fsp3) is 0.348. The molecule has 0 aliphatic carbocycles. The normalized spacial score (nSPS) is 20.3. The molecule has 4 rings (SSSR count). The summed E-state index contributed by atoms with van der Waals surface area (Å²) in [5.41, 5.74) is 4.05. The molecule has 2 aliphatic heterocycles. The highest BCUT2D eigenvalue weighted by Crippen LogP contribution is 2.49. The van der Waals surface area contributed by atoms with Gasteiger partial charge in [-0.2, -0.15) is 5.48 Å². The zero-order valence-electron chi connectivity index (χ0n) is 16.2. The van der Waals surface area contributed by atoms with Crippen LogP contribution in [-0.4, -0.2) is 42.5 Å². The van der Waals surface area contributed by atoms with E-state index in [1.54, 1.807) is 4.90 Å². The SMILES string of the molecule is O=CCC(=O)N1CCC(C(=O)c2ccccc2)(C2CNOc3ccccc32)CC1. The molecule has 1 saturated heterocycles. The van der Waals surface area contributed by atoms with Gasteiger partial charge in [-0.05, 0) is 18.9 Å². The number of benzene rings is 2. The highest BCUT2D eigenvalue weighted by atomic mass is 16.6. The minimum absolute atomic E-state index is 0.0662. The van der Waals surface area contributed by atoms with Gasteiger partial charge in [0, 0.05) is 42.1 Å². The smallest absolute Gasteiger partial charge is 0.229 e. The number of Topliss-reactive ketones (excluding diaryl/α,β-unsaturated/α-hetero) is 1. The molecule has 1 fully saturated rings. The van der Waals surface area contributed by atoms with Crippen LogP contribution in [0, 0.1) is 5.41 Å². The highest BCUT2D eigenvalue weighted by Gasteiger charge is 2.50. The molecule has 1 unspecified atom stereocenters. The minimum Gasteiger partial charge on any atom is -0.408 e. The van der Waals surface area contributed by atoms with Gasteiger partial charge >= 0.3 is 0 Å². The Kier molecular flexibility index (Phi) is 5.45. The molecule has 2 aromatic carbocycles. The summed E-state index contributed by atoms with van der Waals surface area (Å²) < 4.78 is 0. The summed E-state index contributed by atoms with van der Waals surface area (Å²) in [5.74, 6) is 0.599. The first-order chi connectivity index (χ1) is 14.2. The predicted molar refractivity (Wildman–Crippen MR) is 108 cm³/mol. The van der Waals surface area contributed by atoms with Crippen LogP contribution in [0.1, 0.15) is 41.1 Å². The summed E-state index contributed by atoms with van der Waals surface area (Å²) in [6.07, 6.45) is 1.62. The van der Waals surface area contributed by atoms with Crippen LogP contribution in [0.5, 0.6) is 5.75 Å². The Balaban J connectivity index is 1.71. The molecule has 2 aliphatic rings. The molecule has 29 heavy (non-hydrogen) atoms. The van der Waals surface area contributed by atoms with Crippen LogP contribution in [0.4, 0.5) is 0 Å². The van der Waals surface area contributed by atoms with Crippen LogP contribution in [0.15, 0.2) is 54.6 Å². The van der Waals surface area contributed by atoms with Crippen molar-refractivity contribution in [3.05, 3.63) is 65.7 Å². The number of para-hydroxylation sites is 1. The number of hydroxylamine groups is 1. The van der Waals surface area contributed by atoms with E-state index in [9.17, 15) is 14.4 Å². The highest BCUT2D eigenvalue weighted by molar-refractivity contribution is 6.01. The van der Waals surface area contributed by atoms with Crippen molar-refractivity contribution in [2.75, 3.05) is 19.6 Å². The van der Waals surface area contributed by atoms with Gasteiger partial charge in [-0.15, -0.1) is 0 Å². The van der Waals surface area contributed by atoms with Gasteiger partial charge in [0.2, 0.25) is 5.91 Å². The van der Waals surface area contributed by atoms with E-state index in [0.29, 0.717) is 44.3 Å². The summed E-state index contributed by atoms with van der Waals surface area (Å²) in [7, 11) is 0. The Morgan fingerprint density at radius 2 is 1.76 bits per heavy atom. The predicted octanol–water partition coefficient (Wildman–Crippen LogP) is 2.75. The maximum atomic E-state index is 13.8. The van der Waals surface area contributed by atoms with Crippen molar-refractivity contribution in [2.45, 2.75) is 25.2 Å². The number of carbonyl (C=O) groups is 3. The molecule has 0 spiro atoms. The molecule has 2 heterocycles. The van der Waals surface area contributed by atoms with Crippen LogP contribution in [0.3, 0.4) is 0 Å². The van der Waals surface area contributed by atoms with Crippen LogP contribution in [0.2, 0.25) is 0 Å². The largest absolute Gasteiger partial charge is 0.408 e. The lowest BCUT2D eigenvalue weighted by molar-refractivity contribution is -0.134. The molecule has 1 amide bonds. The van der Waals surface area contributed by atoms with Gasteiger partial charge in [-0.3, -0.25) is 9.59 Å². The van der Waals surface area contributed by atoms with Gasteiger partial charge in [0.05, 0.1) is 6.42 Å². The van der Waals surface area contributed by atoms with Gasteiger partial charge in [0.1, 0.15) is 6.29 Å². The Labute approximate surface area is 169 Å². The first-order valence-corrected chi connectivity index (χ1v) is 9.95. The van der Waals surface area contributed by atoms with E-state index in [2.05, 4.69) is 5.48 Å². The van der Waals surface area contributed by atoms with Crippen molar-refractivity contribution >= 4 is 18.0 Å². The molecular weight excluding hydrogens is 368 g/mol. The van der Waals surface area contributed by atoms with E-state index in [1.165, 1.54) is 0 Å².